The van der Waals surface area contributed by atoms with E-state index in [1.165, 1.54) is 26.4 Å². The topological polar surface area (TPSA) is 134 Å². The van der Waals surface area contributed by atoms with Gasteiger partial charge in [0.25, 0.3) is 5.69 Å². The van der Waals surface area contributed by atoms with Gasteiger partial charge in [0, 0.05) is 17.7 Å². The summed E-state index contributed by atoms with van der Waals surface area (Å²) in [6.45, 7) is 0. The van der Waals surface area contributed by atoms with Crippen LogP contribution in [0.15, 0.2) is 41.3 Å². The largest absolute Gasteiger partial charge is 0.497 e. The lowest BCUT2D eigenvalue weighted by molar-refractivity contribution is -0.387. The zero-order chi connectivity index (χ0) is 20.0. The molecule has 0 unspecified atom stereocenters. The lowest BCUT2D eigenvalue weighted by Crippen LogP contribution is -2.15. The molecule has 2 rings (SSSR count). The number of methoxy groups -OCH3 is 2. The molecule has 0 aliphatic heterocycles. The fourth-order valence-corrected chi connectivity index (χ4v) is 2.97. The van der Waals surface area contributed by atoms with E-state index in [2.05, 4.69) is 5.32 Å². The number of amides is 2. The van der Waals surface area contributed by atoms with Crippen molar-refractivity contribution in [3.8, 4) is 11.5 Å². The third kappa shape index (κ3) is 5.11. The number of hydrogen-bond acceptors (Lipinski definition) is 7. The molecule has 9 nitrogen and oxygen atoms in total. The zero-order valence-corrected chi connectivity index (χ0v) is 15.4. The van der Waals surface area contributed by atoms with Crippen LogP contribution in [0.1, 0.15) is 10.4 Å². The normalized spacial score (nSPS) is 10.1. The Morgan fingerprint density at radius 1 is 1.19 bits per heavy atom. The first-order valence-electron chi connectivity index (χ1n) is 7.58. The smallest absolute Gasteiger partial charge is 0.283 e. The van der Waals surface area contributed by atoms with Gasteiger partial charge in [-0.15, -0.1) is 11.8 Å². The highest BCUT2D eigenvalue weighted by molar-refractivity contribution is 8.00. The van der Waals surface area contributed by atoms with Crippen molar-refractivity contribution in [1.82, 2.24) is 0 Å². The highest BCUT2D eigenvalue weighted by Gasteiger charge is 2.18. The van der Waals surface area contributed by atoms with Crippen molar-refractivity contribution in [3.63, 3.8) is 0 Å². The maximum atomic E-state index is 12.2. The van der Waals surface area contributed by atoms with E-state index in [9.17, 15) is 19.7 Å². The molecule has 0 aliphatic rings. The lowest BCUT2D eigenvalue weighted by atomic mass is 10.2. The van der Waals surface area contributed by atoms with Gasteiger partial charge in [-0.3, -0.25) is 19.7 Å². The van der Waals surface area contributed by atoms with Crippen LogP contribution >= 0.6 is 11.8 Å². The fourth-order valence-electron chi connectivity index (χ4n) is 2.17. The number of nitrogens with two attached hydrogens (primary N) is 1. The van der Waals surface area contributed by atoms with E-state index in [1.807, 2.05) is 0 Å². The number of thioether (sulfide) groups is 1. The van der Waals surface area contributed by atoms with Gasteiger partial charge in [0.2, 0.25) is 11.8 Å². The van der Waals surface area contributed by atoms with E-state index in [4.69, 9.17) is 15.2 Å². The Bertz CT molecular complexity index is 887. The average Bonchev–Trinajstić information content (AvgIpc) is 2.66. The van der Waals surface area contributed by atoms with E-state index >= 15 is 0 Å². The van der Waals surface area contributed by atoms with Crippen molar-refractivity contribution in [1.29, 1.82) is 0 Å². The lowest BCUT2D eigenvalue weighted by Gasteiger charge is -2.11. The molecule has 3 N–H and O–H groups in total. The van der Waals surface area contributed by atoms with Crippen LogP contribution in [-0.4, -0.2) is 36.7 Å². The molecule has 0 saturated heterocycles. The van der Waals surface area contributed by atoms with Crippen LogP contribution in [0.2, 0.25) is 0 Å². The number of nitro benzene ring substituents is 1. The number of carbonyl (C=O) groups is 2. The van der Waals surface area contributed by atoms with Crippen molar-refractivity contribution < 1.29 is 24.0 Å². The number of primary amides is 1. The number of anilines is 1. The Labute approximate surface area is 159 Å². The summed E-state index contributed by atoms with van der Waals surface area (Å²) in [5.74, 6) is -0.226. The van der Waals surface area contributed by atoms with E-state index < -0.39 is 10.8 Å². The first kappa shape index (κ1) is 20.0. The third-order valence-corrected chi connectivity index (χ3v) is 4.54. The minimum atomic E-state index is -0.765. The molecule has 142 valence electrons. The number of nitrogens with one attached hydrogen (secondary N) is 1. The Kier molecular flexibility index (Phi) is 6.61. The van der Waals surface area contributed by atoms with E-state index in [0.717, 1.165) is 17.8 Å². The monoisotopic (exact) mass is 391 g/mol. The van der Waals surface area contributed by atoms with Gasteiger partial charge >= 0.3 is 0 Å². The molecular formula is C17H17N3O6S. The molecule has 0 saturated carbocycles. The molecule has 2 aromatic rings. The molecule has 0 fully saturated rings. The Morgan fingerprint density at radius 3 is 2.52 bits per heavy atom. The molecule has 0 bridgehead atoms. The van der Waals surface area contributed by atoms with Crippen molar-refractivity contribution >= 4 is 35.0 Å². The highest BCUT2D eigenvalue weighted by Crippen LogP contribution is 2.32. The Hall–Kier alpha value is -3.27. The van der Waals surface area contributed by atoms with Gasteiger partial charge in [-0.25, -0.2) is 0 Å². The number of nitro groups is 1. The van der Waals surface area contributed by atoms with Gasteiger partial charge in [-0.1, -0.05) is 0 Å². The molecule has 0 aliphatic carbocycles. The summed E-state index contributed by atoms with van der Waals surface area (Å²) in [5.41, 5.74) is 5.32. The van der Waals surface area contributed by atoms with Gasteiger partial charge in [-0.2, -0.15) is 0 Å². The van der Waals surface area contributed by atoms with Crippen LogP contribution in [0.5, 0.6) is 11.5 Å². The molecule has 2 amide bonds. The molecule has 27 heavy (non-hydrogen) atoms. The van der Waals surface area contributed by atoms with E-state index in [-0.39, 0.29) is 27.8 Å². The van der Waals surface area contributed by atoms with Gasteiger partial charge in [0.1, 0.15) is 11.5 Å². The third-order valence-electron chi connectivity index (χ3n) is 3.48. The number of carbonyl (C=O) groups excluding carboxylic acids is 2. The molecule has 0 heterocycles. The van der Waals surface area contributed by atoms with Crippen molar-refractivity contribution in [3.05, 3.63) is 52.1 Å². The quantitative estimate of drug-likeness (QED) is 0.401. The first-order chi connectivity index (χ1) is 12.8. The summed E-state index contributed by atoms with van der Waals surface area (Å²) in [6, 6.07) is 8.78. The highest BCUT2D eigenvalue weighted by atomic mass is 32.2. The molecule has 0 radical (unpaired) electrons. The van der Waals surface area contributed by atoms with Crippen molar-refractivity contribution in [2.45, 2.75) is 4.90 Å². The van der Waals surface area contributed by atoms with Crippen molar-refractivity contribution in [2.75, 3.05) is 25.3 Å². The van der Waals surface area contributed by atoms with Crippen LogP contribution < -0.4 is 20.5 Å². The Balaban J connectivity index is 2.10. The van der Waals surface area contributed by atoms with Gasteiger partial charge in [0.15, 0.2) is 0 Å². The predicted molar refractivity (Wildman–Crippen MR) is 101 cm³/mol. The van der Waals surface area contributed by atoms with Crippen LogP contribution in [0, 0.1) is 10.1 Å². The fraction of sp³-hybridized carbons (Fsp3) is 0.176. The summed E-state index contributed by atoms with van der Waals surface area (Å²) in [6.07, 6.45) is 0. The summed E-state index contributed by atoms with van der Waals surface area (Å²) in [7, 11) is 2.98. The second-order valence-corrected chi connectivity index (χ2v) is 6.22. The maximum absolute atomic E-state index is 12.2. The van der Waals surface area contributed by atoms with Crippen LogP contribution in [0.25, 0.3) is 0 Å². The average molecular weight is 391 g/mol. The van der Waals surface area contributed by atoms with Crippen LogP contribution in [0.4, 0.5) is 11.4 Å². The standard InChI is InChI=1S/C17H17N3O6S/c1-25-11-4-5-12(14(8-11)26-2)19-16(21)9-27-15-6-3-10(17(18)22)7-13(15)20(23)24/h3-8H,9H2,1-2H3,(H2,18,22)(H,19,21). The number of hydrogen-bond donors (Lipinski definition) is 2. The predicted octanol–water partition coefficient (Wildman–Crippen LogP) is 2.44. The molecule has 0 aromatic heterocycles. The zero-order valence-electron chi connectivity index (χ0n) is 14.6. The summed E-state index contributed by atoms with van der Waals surface area (Å²) < 4.78 is 10.3. The first-order valence-corrected chi connectivity index (χ1v) is 8.57. The number of nitrogens with zero attached hydrogens (tertiary/aromatic N) is 1. The van der Waals surface area contributed by atoms with Crippen LogP contribution in [-0.2, 0) is 4.79 Å². The second kappa shape index (κ2) is 8.90. The molecule has 0 spiro atoms. The van der Waals surface area contributed by atoms with Gasteiger partial charge in [0.05, 0.1) is 35.5 Å². The minimum Gasteiger partial charge on any atom is -0.497 e. The number of rotatable bonds is 8. The molecule has 0 atom stereocenters. The van der Waals surface area contributed by atoms with E-state index in [1.54, 1.807) is 18.2 Å². The Morgan fingerprint density at radius 2 is 1.93 bits per heavy atom. The van der Waals surface area contributed by atoms with Crippen LogP contribution in [0.3, 0.4) is 0 Å². The van der Waals surface area contributed by atoms with Gasteiger partial charge in [-0.05, 0) is 24.3 Å². The second-order valence-electron chi connectivity index (χ2n) is 5.21. The maximum Gasteiger partial charge on any atom is 0.283 e. The summed E-state index contributed by atoms with van der Waals surface area (Å²) >= 11 is 0.973. The SMILES string of the molecule is COc1ccc(NC(=O)CSc2ccc(C(N)=O)cc2[N+](=O)[O-])c(OC)c1. The molecule has 10 heteroatoms. The van der Waals surface area contributed by atoms with Crippen molar-refractivity contribution in [2.24, 2.45) is 5.73 Å². The van der Waals surface area contributed by atoms with E-state index in [0.29, 0.717) is 17.2 Å². The summed E-state index contributed by atoms with van der Waals surface area (Å²) in [4.78, 5) is 34.2. The molecule has 2 aromatic carbocycles. The minimum absolute atomic E-state index is 0.0264. The number of ether oxygens (including phenoxy) is 2. The summed E-state index contributed by atoms with van der Waals surface area (Å²) in [5, 5.41) is 13.9. The van der Waals surface area contributed by atoms with Gasteiger partial charge < -0.3 is 20.5 Å². The number of benzene rings is 2. The molecular weight excluding hydrogens is 374 g/mol.